The van der Waals surface area contributed by atoms with Gasteiger partial charge in [0.1, 0.15) is 17.5 Å². The standard InChI is InChI=1S/C15H21N3O3/c1(10-7-19-10)4-13-16-14(5-2-11-8-20-11)18-15(17-13)6-3-12-9-21-12/h10-12H,1-9H2. The molecule has 3 aliphatic rings. The van der Waals surface area contributed by atoms with Crippen LogP contribution in [0.4, 0.5) is 0 Å². The number of aryl methyl sites for hydroxylation is 3. The molecule has 6 heteroatoms. The number of hydrogen-bond donors (Lipinski definition) is 0. The molecule has 3 saturated heterocycles. The smallest absolute Gasteiger partial charge is 0.132 e. The van der Waals surface area contributed by atoms with E-state index in [1.165, 1.54) is 0 Å². The third-order valence-electron chi connectivity index (χ3n) is 4.05. The average molecular weight is 291 g/mol. The van der Waals surface area contributed by atoms with Gasteiger partial charge in [-0.25, -0.2) is 15.0 Å². The Morgan fingerprint density at radius 3 is 1.14 bits per heavy atom. The van der Waals surface area contributed by atoms with Gasteiger partial charge in [-0.1, -0.05) is 0 Å². The minimum absolute atomic E-state index is 0.424. The van der Waals surface area contributed by atoms with E-state index in [1.807, 2.05) is 0 Å². The highest BCUT2D eigenvalue weighted by Gasteiger charge is 2.25. The molecule has 0 saturated carbocycles. The molecular weight excluding hydrogens is 270 g/mol. The molecule has 3 aliphatic heterocycles. The van der Waals surface area contributed by atoms with Crippen molar-refractivity contribution in [1.29, 1.82) is 0 Å². The monoisotopic (exact) mass is 291 g/mol. The van der Waals surface area contributed by atoms with Gasteiger partial charge >= 0.3 is 0 Å². The Labute approximate surface area is 124 Å². The van der Waals surface area contributed by atoms with Gasteiger partial charge in [-0.15, -0.1) is 0 Å². The van der Waals surface area contributed by atoms with Gasteiger partial charge < -0.3 is 14.2 Å². The Balaban J connectivity index is 1.40. The Hall–Kier alpha value is -1.11. The zero-order valence-corrected chi connectivity index (χ0v) is 12.2. The fourth-order valence-corrected chi connectivity index (χ4v) is 2.43. The topological polar surface area (TPSA) is 76.3 Å². The summed E-state index contributed by atoms with van der Waals surface area (Å²) < 4.78 is 15.8. The second kappa shape index (κ2) is 5.94. The van der Waals surface area contributed by atoms with Gasteiger partial charge in [-0.05, 0) is 19.3 Å². The summed E-state index contributed by atoms with van der Waals surface area (Å²) in [5, 5.41) is 0. The van der Waals surface area contributed by atoms with Crippen molar-refractivity contribution < 1.29 is 14.2 Å². The minimum Gasteiger partial charge on any atom is -0.373 e. The summed E-state index contributed by atoms with van der Waals surface area (Å²) in [4.78, 5) is 13.8. The van der Waals surface area contributed by atoms with E-state index in [9.17, 15) is 0 Å². The van der Waals surface area contributed by atoms with Crippen LogP contribution in [-0.2, 0) is 33.5 Å². The molecular formula is C15H21N3O3. The van der Waals surface area contributed by atoms with Crippen LogP contribution < -0.4 is 0 Å². The molecule has 0 amide bonds. The van der Waals surface area contributed by atoms with Gasteiger partial charge in [0.25, 0.3) is 0 Å². The molecule has 4 heterocycles. The molecule has 6 nitrogen and oxygen atoms in total. The molecule has 3 atom stereocenters. The molecule has 114 valence electrons. The number of epoxide rings is 3. The van der Waals surface area contributed by atoms with Crippen LogP contribution in [0.3, 0.4) is 0 Å². The largest absolute Gasteiger partial charge is 0.373 e. The van der Waals surface area contributed by atoms with Crippen molar-refractivity contribution in [3.63, 3.8) is 0 Å². The maximum atomic E-state index is 5.26. The quantitative estimate of drug-likeness (QED) is 0.628. The summed E-state index contributed by atoms with van der Waals surface area (Å²) in [5.41, 5.74) is 0. The summed E-state index contributed by atoms with van der Waals surface area (Å²) in [6, 6.07) is 0. The van der Waals surface area contributed by atoms with Crippen LogP contribution in [0.5, 0.6) is 0 Å². The Kier molecular flexibility index (Phi) is 3.83. The van der Waals surface area contributed by atoms with E-state index in [0.29, 0.717) is 18.3 Å². The van der Waals surface area contributed by atoms with Gasteiger partial charge in [-0.2, -0.15) is 0 Å². The second-order valence-corrected chi connectivity index (χ2v) is 6.07. The van der Waals surface area contributed by atoms with Crippen molar-refractivity contribution in [1.82, 2.24) is 15.0 Å². The lowest BCUT2D eigenvalue weighted by atomic mass is 10.2. The van der Waals surface area contributed by atoms with Crippen LogP contribution in [0.1, 0.15) is 36.7 Å². The number of aromatic nitrogens is 3. The molecule has 0 bridgehead atoms. The number of hydrogen-bond acceptors (Lipinski definition) is 6. The van der Waals surface area contributed by atoms with Crippen LogP contribution in [-0.4, -0.2) is 53.1 Å². The van der Waals surface area contributed by atoms with Crippen molar-refractivity contribution in [2.24, 2.45) is 0 Å². The first kappa shape index (κ1) is 13.5. The highest BCUT2D eigenvalue weighted by atomic mass is 16.6. The first-order valence-corrected chi connectivity index (χ1v) is 7.92. The number of ether oxygens (including phenoxy) is 3. The van der Waals surface area contributed by atoms with E-state index in [2.05, 4.69) is 15.0 Å². The van der Waals surface area contributed by atoms with Crippen LogP contribution in [0.15, 0.2) is 0 Å². The van der Waals surface area contributed by atoms with E-state index in [4.69, 9.17) is 14.2 Å². The first-order valence-electron chi connectivity index (χ1n) is 7.92. The van der Waals surface area contributed by atoms with E-state index in [-0.39, 0.29) is 0 Å². The normalized spacial score (nSPS) is 29.4. The van der Waals surface area contributed by atoms with Crippen LogP contribution in [0.2, 0.25) is 0 Å². The van der Waals surface area contributed by atoms with Crippen molar-refractivity contribution in [2.45, 2.75) is 56.8 Å². The van der Waals surface area contributed by atoms with E-state index in [0.717, 1.165) is 75.8 Å². The van der Waals surface area contributed by atoms with Gasteiger partial charge in [0.15, 0.2) is 0 Å². The third-order valence-corrected chi connectivity index (χ3v) is 4.05. The van der Waals surface area contributed by atoms with Crippen LogP contribution in [0, 0.1) is 0 Å². The second-order valence-electron chi connectivity index (χ2n) is 6.07. The zero-order chi connectivity index (χ0) is 14.1. The lowest BCUT2D eigenvalue weighted by Gasteiger charge is -2.06. The predicted molar refractivity (Wildman–Crippen MR) is 74.0 cm³/mol. The predicted octanol–water partition coefficient (Wildman–Crippen LogP) is 0.866. The SMILES string of the molecule is C(CC1CO1)c1nc(CCC2CO2)nc(CCC2CO2)n1. The summed E-state index contributed by atoms with van der Waals surface area (Å²) in [6.45, 7) is 2.68. The molecule has 3 unspecified atom stereocenters. The van der Waals surface area contributed by atoms with E-state index in [1.54, 1.807) is 0 Å². The van der Waals surface area contributed by atoms with Crippen molar-refractivity contribution in [2.75, 3.05) is 19.8 Å². The molecule has 0 radical (unpaired) electrons. The Morgan fingerprint density at radius 2 is 0.905 bits per heavy atom. The lowest BCUT2D eigenvalue weighted by molar-refractivity contribution is 0.391. The number of rotatable bonds is 9. The van der Waals surface area contributed by atoms with E-state index >= 15 is 0 Å². The summed E-state index contributed by atoms with van der Waals surface area (Å²) in [7, 11) is 0. The molecule has 0 aliphatic carbocycles. The van der Waals surface area contributed by atoms with Crippen molar-refractivity contribution in [3.8, 4) is 0 Å². The summed E-state index contributed by atoms with van der Waals surface area (Å²) in [6.07, 6.45) is 6.96. The zero-order valence-electron chi connectivity index (χ0n) is 12.2. The maximum absolute atomic E-state index is 5.26. The minimum atomic E-state index is 0.424. The van der Waals surface area contributed by atoms with Crippen molar-refractivity contribution >= 4 is 0 Å². The van der Waals surface area contributed by atoms with Crippen molar-refractivity contribution in [3.05, 3.63) is 17.5 Å². The summed E-state index contributed by atoms with van der Waals surface area (Å²) in [5.74, 6) is 2.75. The molecule has 0 spiro atoms. The van der Waals surface area contributed by atoms with Crippen LogP contribution in [0.25, 0.3) is 0 Å². The lowest BCUT2D eigenvalue weighted by Crippen LogP contribution is -2.10. The molecule has 1 aromatic heterocycles. The molecule has 4 rings (SSSR count). The molecule has 3 fully saturated rings. The van der Waals surface area contributed by atoms with Gasteiger partial charge in [0.2, 0.25) is 0 Å². The molecule has 1 aromatic rings. The first-order chi connectivity index (χ1) is 10.3. The summed E-state index contributed by atoms with van der Waals surface area (Å²) >= 11 is 0. The molecule has 21 heavy (non-hydrogen) atoms. The average Bonchev–Trinajstić information content (AvgIpc) is 3.38. The Morgan fingerprint density at radius 1 is 0.619 bits per heavy atom. The highest BCUT2D eigenvalue weighted by molar-refractivity contribution is 5.00. The van der Waals surface area contributed by atoms with Gasteiger partial charge in [0.05, 0.1) is 38.1 Å². The molecule has 0 N–H and O–H groups in total. The fraction of sp³-hybridized carbons (Fsp3) is 0.800. The number of nitrogens with zero attached hydrogens (tertiary/aromatic N) is 3. The van der Waals surface area contributed by atoms with Crippen LogP contribution >= 0.6 is 0 Å². The van der Waals surface area contributed by atoms with E-state index < -0.39 is 0 Å². The van der Waals surface area contributed by atoms with Gasteiger partial charge in [-0.3, -0.25) is 0 Å². The fourth-order valence-electron chi connectivity index (χ4n) is 2.43. The third kappa shape index (κ3) is 4.43. The Bertz CT molecular complexity index is 415. The highest BCUT2D eigenvalue weighted by Crippen LogP contribution is 2.19. The molecule has 0 aromatic carbocycles. The maximum Gasteiger partial charge on any atom is 0.132 e. The van der Waals surface area contributed by atoms with Gasteiger partial charge in [0, 0.05) is 19.3 Å².